The van der Waals surface area contributed by atoms with Crippen molar-refractivity contribution in [3.8, 4) is 22.8 Å². The second-order valence-corrected chi connectivity index (χ2v) is 7.74. The highest BCUT2D eigenvalue weighted by Gasteiger charge is 2.32. The van der Waals surface area contributed by atoms with E-state index in [1.165, 1.54) is 0 Å². The van der Waals surface area contributed by atoms with Crippen LogP contribution in [-0.4, -0.2) is 15.3 Å². The van der Waals surface area contributed by atoms with Crippen molar-refractivity contribution in [3.63, 3.8) is 0 Å². The van der Waals surface area contributed by atoms with Crippen LogP contribution in [0.15, 0.2) is 103 Å². The first-order valence-electron chi connectivity index (χ1n) is 10.5. The Hall–Kier alpha value is -4.38. The summed E-state index contributed by atoms with van der Waals surface area (Å²) in [4.78, 5) is 18.4. The van der Waals surface area contributed by atoms with E-state index in [4.69, 9.17) is 9.72 Å². The number of nitrogens with one attached hydrogen (secondary N) is 1. The maximum atomic E-state index is 13.7. The van der Waals surface area contributed by atoms with Gasteiger partial charge in [0.05, 0.1) is 17.3 Å². The number of ether oxygens (including phenoxy) is 1. The molecule has 1 aliphatic heterocycles. The Morgan fingerprint density at radius 3 is 2.22 bits per heavy atom. The van der Waals surface area contributed by atoms with E-state index in [2.05, 4.69) is 5.32 Å². The van der Waals surface area contributed by atoms with Gasteiger partial charge in [0, 0.05) is 29.1 Å². The van der Waals surface area contributed by atoms with Crippen LogP contribution in [0.2, 0.25) is 0 Å². The van der Waals surface area contributed by atoms with E-state index in [1.807, 2.05) is 108 Å². The fraction of sp³-hybridized carbons (Fsp3) is 0.0370. The van der Waals surface area contributed by atoms with Crippen molar-refractivity contribution >= 4 is 17.2 Å². The highest BCUT2D eigenvalue weighted by Crippen LogP contribution is 2.44. The minimum absolute atomic E-state index is 0.107. The highest BCUT2D eigenvalue weighted by molar-refractivity contribution is 6.02. The predicted octanol–water partition coefficient (Wildman–Crippen LogP) is 5.88. The first-order chi connectivity index (χ1) is 15.8. The fourth-order valence-electron chi connectivity index (χ4n) is 4.28. The molecule has 0 bridgehead atoms. The van der Waals surface area contributed by atoms with Crippen LogP contribution in [-0.2, 0) is 4.79 Å². The standard InChI is InChI=1S/C27H19N3O2/c31-27(26-19-10-2-5-13-23(19)32-24-14-6-3-11-20(24)26)29-21-12-4-1-9-18(21)22-17-30-16-8-7-15-25(30)28-22/h1-17,26H,(H,29,31). The lowest BCUT2D eigenvalue weighted by Gasteiger charge is -2.27. The summed E-state index contributed by atoms with van der Waals surface area (Å²) < 4.78 is 8.01. The second kappa shape index (κ2) is 7.39. The van der Waals surface area contributed by atoms with Crippen LogP contribution in [0, 0.1) is 0 Å². The molecular weight excluding hydrogens is 398 g/mol. The summed E-state index contributed by atoms with van der Waals surface area (Å²) in [7, 11) is 0. The number of hydrogen-bond donors (Lipinski definition) is 1. The molecule has 0 radical (unpaired) electrons. The van der Waals surface area contributed by atoms with Crippen LogP contribution in [0.1, 0.15) is 17.0 Å². The average Bonchev–Trinajstić information content (AvgIpc) is 3.27. The van der Waals surface area contributed by atoms with Crippen molar-refractivity contribution in [2.24, 2.45) is 0 Å². The minimum atomic E-state index is -0.467. The molecule has 0 fully saturated rings. The highest BCUT2D eigenvalue weighted by atomic mass is 16.5. The lowest BCUT2D eigenvalue weighted by Crippen LogP contribution is -2.25. The van der Waals surface area contributed by atoms with Gasteiger partial charge in [-0.1, -0.05) is 60.7 Å². The molecular formula is C27H19N3O2. The summed E-state index contributed by atoms with van der Waals surface area (Å²) in [5.41, 5.74) is 4.97. The Kier molecular flexibility index (Phi) is 4.25. The number of benzene rings is 3. The number of anilines is 1. The second-order valence-electron chi connectivity index (χ2n) is 7.74. The smallest absolute Gasteiger partial charge is 0.236 e. The number of para-hydroxylation sites is 3. The van der Waals surface area contributed by atoms with Crippen LogP contribution in [0.3, 0.4) is 0 Å². The van der Waals surface area contributed by atoms with Gasteiger partial charge < -0.3 is 14.5 Å². The Labute approximate surface area is 184 Å². The average molecular weight is 417 g/mol. The topological polar surface area (TPSA) is 55.6 Å². The summed E-state index contributed by atoms with van der Waals surface area (Å²) in [6, 6.07) is 29.0. The molecule has 154 valence electrons. The zero-order valence-electron chi connectivity index (χ0n) is 17.1. The normalized spacial score (nSPS) is 12.6. The molecule has 5 heteroatoms. The maximum absolute atomic E-state index is 13.7. The first kappa shape index (κ1) is 18.4. The number of carbonyl (C=O) groups excluding carboxylic acids is 1. The van der Waals surface area contributed by atoms with Crippen LogP contribution in [0.4, 0.5) is 5.69 Å². The monoisotopic (exact) mass is 417 g/mol. The molecule has 3 heterocycles. The molecule has 3 aromatic carbocycles. The van der Waals surface area contributed by atoms with Gasteiger partial charge in [0.15, 0.2) is 0 Å². The van der Waals surface area contributed by atoms with Gasteiger partial charge in [0.1, 0.15) is 17.1 Å². The molecule has 5 nitrogen and oxygen atoms in total. The number of nitrogens with zero attached hydrogens (tertiary/aromatic N) is 2. The number of hydrogen-bond acceptors (Lipinski definition) is 3. The third kappa shape index (κ3) is 3.03. The zero-order chi connectivity index (χ0) is 21.5. The Morgan fingerprint density at radius 2 is 1.47 bits per heavy atom. The fourth-order valence-corrected chi connectivity index (χ4v) is 4.28. The van der Waals surface area contributed by atoms with Crippen molar-refractivity contribution in [3.05, 3.63) is 115 Å². The summed E-state index contributed by atoms with van der Waals surface area (Å²) >= 11 is 0. The molecule has 1 aliphatic rings. The number of aromatic nitrogens is 2. The summed E-state index contributed by atoms with van der Waals surface area (Å²) in [5, 5.41) is 3.16. The number of rotatable bonds is 3. The molecule has 2 aromatic heterocycles. The maximum Gasteiger partial charge on any atom is 0.236 e. The summed E-state index contributed by atoms with van der Waals surface area (Å²) in [5.74, 6) is 0.842. The quantitative estimate of drug-likeness (QED) is 0.399. The Morgan fingerprint density at radius 1 is 0.812 bits per heavy atom. The third-order valence-electron chi connectivity index (χ3n) is 5.77. The number of pyridine rings is 1. The van der Waals surface area contributed by atoms with Gasteiger partial charge >= 0.3 is 0 Å². The van der Waals surface area contributed by atoms with Crippen molar-refractivity contribution in [1.82, 2.24) is 9.38 Å². The van der Waals surface area contributed by atoms with Crippen molar-refractivity contribution in [2.45, 2.75) is 5.92 Å². The third-order valence-corrected chi connectivity index (χ3v) is 5.77. The molecule has 1 amide bonds. The van der Waals surface area contributed by atoms with Crippen molar-refractivity contribution < 1.29 is 9.53 Å². The number of fused-ring (bicyclic) bond motifs is 3. The molecule has 0 saturated heterocycles. The Bertz CT molecular complexity index is 1390. The van der Waals surface area contributed by atoms with E-state index >= 15 is 0 Å². The van der Waals surface area contributed by atoms with Gasteiger partial charge in [0.2, 0.25) is 5.91 Å². The van der Waals surface area contributed by atoms with E-state index < -0.39 is 5.92 Å². The largest absolute Gasteiger partial charge is 0.457 e. The van der Waals surface area contributed by atoms with Crippen LogP contribution in [0.25, 0.3) is 16.9 Å². The predicted molar refractivity (Wildman–Crippen MR) is 124 cm³/mol. The molecule has 32 heavy (non-hydrogen) atoms. The van der Waals surface area contributed by atoms with Crippen LogP contribution >= 0.6 is 0 Å². The van der Waals surface area contributed by atoms with Gasteiger partial charge in [0.25, 0.3) is 0 Å². The first-order valence-corrected chi connectivity index (χ1v) is 10.5. The van der Waals surface area contributed by atoms with Gasteiger partial charge in [-0.25, -0.2) is 4.98 Å². The molecule has 0 atom stereocenters. The number of amides is 1. The molecule has 0 unspecified atom stereocenters. The van der Waals surface area contributed by atoms with E-state index in [1.54, 1.807) is 0 Å². The molecule has 1 N–H and O–H groups in total. The van der Waals surface area contributed by atoms with Gasteiger partial charge in [-0.2, -0.15) is 0 Å². The zero-order valence-corrected chi connectivity index (χ0v) is 17.1. The van der Waals surface area contributed by atoms with Crippen LogP contribution in [0.5, 0.6) is 11.5 Å². The molecule has 0 saturated carbocycles. The SMILES string of the molecule is O=C(Nc1ccccc1-c1cn2ccccc2n1)C1c2ccccc2Oc2ccccc21. The number of imidazole rings is 1. The minimum Gasteiger partial charge on any atom is -0.457 e. The molecule has 5 aromatic rings. The van der Waals surface area contributed by atoms with E-state index in [-0.39, 0.29) is 5.91 Å². The lowest BCUT2D eigenvalue weighted by molar-refractivity contribution is -0.116. The van der Waals surface area contributed by atoms with E-state index in [0.29, 0.717) is 11.5 Å². The van der Waals surface area contributed by atoms with Gasteiger partial charge in [-0.15, -0.1) is 0 Å². The van der Waals surface area contributed by atoms with Gasteiger partial charge in [-0.05, 0) is 30.3 Å². The summed E-state index contributed by atoms with van der Waals surface area (Å²) in [6.07, 6.45) is 3.93. The van der Waals surface area contributed by atoms with E-state index in [0.717, 1.165) is 33.7 Å². The molecule has 6 rings (SSSR count). The van der Waals surface area contributed by atoms with Crippen LogP contribution < -0.4 is 10.1 Å². The Balaban J connectivity index is 1.40. The summed E-state index contributed by atoms with van der Waals surface area (Å²) in [6.45, 7) is 0. The molecule has 0 spiro atoms. The van der Waals surface area contributed by atoms with Crippen molar-refractivity contribution in [2.75, 3.05) is 5.32 Å². The number of carbonyl (C=O) groups is 1. The van der Waals surface area contributed by atoms with Crippen molar-refractivity contribution in [1.29, 1.82) is 0 Å². The lowest BCUT2D eigenvalue weighted by atomic mass is 9.87. The van der Waals surface area contributed by atoms with E-state index in [9.17, 15) is 4.79 Å². The molecule has 0 aliphatic carbocycles. The van der Waals surface area contributed by atoms with Gasteiger partial charge in [-0.3, -0.25) is 4.79 Å².